The Morgan fingerprint density at radius 3 is 2.56 bits per heavy atom. The number of aromatic amines is 1. The number of hydrogen-bond acceptors (Lipinski definition) is 4. The van der Waals surface area contributed by atoms with Gasteiger partial charge in [-0.3, -0.25) is 14.4 Å². The van der Waals surface area contributed by atoms with Gasteiger partial charge in [0.25, 0.3) is 5.92 Å². The summed E-state index contributed by atoms with van der Waals surface area (Å²) in [6.07, 6.45) is 5.15. The van der Waals surface area contributed by atoms with Gasteiger partial charge in [-0.2, -0.15) is 5.10 Å². The summed E-state index contributed by atoms with van der Waals surface area (Å²) in [7, 11) is 0. The van der Waals surface area contributed by atoms with Gasteiger partial charge in [0.1, 0.15) is 11.6 Å². The molecular weight excluding hydrogens is 513 g/mol. The Kier molecular flexibility index (Phi) is 7.96. The predicted octanol–water partition coefficient (Wildman–Crippen LogP) is 6.19. The van der Waals surface area contributed by atoms with Gasteiger partial charge in [-0.25, -0.2) is 17.6 Å². The summed E-state index contributed by atoms with van der Waals surface area (Å²) in [4.78, 5) is 3.63. The van der Waals surface area contributed by atoms with Gasteiger partial charge in [-0.05, 0) is 55.0 Å². The molecule has 0 radical (unpaired) electrons. The molecule has 0 saturated carbocycles. The molecule has 5 nitrogen and oxygen atoms in total. The minimum Gasteiger partial charge on any atom is -0.381 e. The molecule has 3 aromatic rings. The second-order valence-electron chi connectivity index (χ2n) is 10.9. The summed E-state index contributed by atoms with van der Waals surface area (Å²) in [5.41, 5.74) is 3.31. The highest BCUT2D eigenvalue weighted by molar-refractivity contribution is 5.64. The van der Waals surface area contributed by atoms with Gasteiger partial charge in [0, 0.05) is 61.7 Å². The van der Waals surface area contributed by atoms with Crippen LogP contribution in [0.15, 0.2) is 42.7 Å². The first kappa shape index (κ1) is 27.6. The molecule has 0 bridgehead atoms. The van der Waals surface area contributed by atoms with Crippen LogP contribution < -0.4 is 5.32 Å². The van der Waals surface area contributed by atoms with E-state index in [2.05, 4.69) is 20.4 Å². The third kappa shape index (κ3) is 6.11. The lowest BCUT2D eigenvalue weighted by molar-refractivity contribution is -0.0370. The minimum absolute atomic E-state index is 0.0127. The first-order valence-electron chi connectivity index (χ1n) is 13.4. The van der Waals surface area contributed by atoms with Crippen molar-refractivity contribution >= 4 is 5.69 Å². The number of rotatable bonds is 9. The van der Waals surface area contributed by atoms with Gasteiger partial charge < -0.3 is 10.2 Å². The van der Waals surface area contributed by atoms with Gasteiger partial charge in [-0.1, -0.05) is 18.2 Å². The number of halogens is 5. The number of anilines is 1. The molecule has 2 N–H and O–H groups in total. The molecule has 1 aromatic heterocycles. The zero-order valence-electron chi connectivity index (χ0n) is 22.2. The Morgan fingerprint density at radius 2 is 1.90 bits per heavy atom. The van der Waals surface area contributed by atoms with Crippen molar-refractivity contribution in [3.63, 3.8) is 0 Å². The van der Waals surface area contributed by atoms with E-state index in [1.165, 1.54) is 17.0 Å². The van der Waals surface area contributed by atoms with Crippen LogP contribution in [-0.4, -0.2) is 70.9 Å². The maximum atomic E-state index is 15.8. The highest BCUT2D eigenvalue weighted by atomic mass is 19.3. The van der Waals surface area contributed by atoms with Gasteiger partial charge in [0.15, 0.2) is 0 Å². The Balaban J connectivity index is 1.48. The fourth-order valence-electron chi connectivity index (χ4n) is 6.00. The Hall–Kier alpha value is -2.98. The second-order valence-corrected chi connectivity index (χ2v) is 10.9. The molecule has 1 unspecified atom stereocenters. The van der Waals surface area contributed by atoms with E-state index < -0.39 is 30.1 Å². The number of fused-ring (bicyclic) bond motifs is 1. The summed E-state index contributed by atoms with van der Waals surface area (Å²) in [5, 5.41) is 9.97. The van der Waals surface area contributed by atoms with Crippen molar-refractivity contribution in [1.29, 1.82) is 0 Å². The first-order chi connectivity index (χ1) is 18.6. The number of nitrogens with one attached hydrogen (secondary N) is 2. The van der Waals surface area contributed by atoms with E-state index in [4.69, 9.17) is 0 Å². The zero-order valence-corrected chi connectivity index (χ0v) is 22.2. The minimum atomic E-state index is -3.05. The molecule has 3 heterocycles. The van der Waals surface area contributed by atoms with Crippen LogP contribution in [0.2, 0.25) is 0 Å². The average Bonchev–Trinajstić information content (AvgIpc) is 3.55. The van der Waals surface area contributed by atoms with Crippen LogP contribution in [0.25, 0.3) is 11.1 Å². The summed E-state index contributed by atoms with van der Waals surface area (Å²) >= 11 is 0. The summed E-state index contributed by atoms with van der Waals surface area (Å²) < 4.78 is 72.7. The fraction of sp³-hybridized carbons (Fsp3) is 0.483. The van der Waals surface area contributed by atoms with E-state index >= 15 is 8.78 Å². The van der Waals surface area contributed by atoms with Crippen molar-refractivity contribution in [2.24, 2.45) is 0 Å². The van der Waals surface area contributed by atoms with Crippen LogP contribution in [0.4, 0.5) is 27.6 Å². The van der Waals surface area contributed by atoms with Crippen molar-refractivity contribution < 1.29 is 22.0 Å². The van der Waals surface area contributed by atoms with Crippen LogP contribution in [0, 0.1) is 11.6 Å². The maximum Gasteiger partial charge on any atom is 0.257 e. The van der Waals surface area contributed by atoms with E-state index in [-0.39, 0.29) is 24.3 Å². The topological polar surface area (TPSA) is 47.2 Å². The van der Waals surface area contributed by atoms with E-state index in [0.29, 0.717) is 37.2 Å². The number of hydrogen-bond donors (Lipinski definition) is 2. The summed E-state index contributed by atoms with van der Waals surface area (Å²) in [5.74, 6) is -4.61. The Bertz CT molecular complexity index is 1250. The molecule has 39 heavy (non-hydrogen) atoms. The van der Waals surface area contributed by atoms with Crippen LogP contribution in [0.3, 0.4) is 0 Å². The lowest BCUT2D eigenvalue weighted by Crippen LogP contribution is -2.48. The molecule has 2 aliphatic heterocycles. The molecule has 1 fully saturated rings. The average molecular weight is 548 g/mol. The van der Waals surface area contributed by atoms with Crippen LogP contribution in [0.1, 0.15) is 49.4 Å². The molecule has 210 valence electrons. The van der Waals surface area contributed by atoms with E-state index in [9.17, 15) is 13.2 Å². The van der Waals surface area contributed by atoms with Gasteiger partial charge in [-0.15, -0.1) is 0 Å². The number of aromatic nitrogens is 2. The van der Waals surface area contributed by atoms with E-state index in [0.717, 1.165) is 36.6 Å². The van der Waals surface area contributed by atoms with E-state index in [1.54, 1.807) is 18.5 Å². The number of alkyl halides is 3. The first-order valence-corrected chi connectivity index (χ1v) is 13.4. The summed E-state index contributed by atoms with van der Waals surface area (Å²) in [6, 6.07) is 6.67. The van der Waals surface area contributed by atoms with Gasteiger partial charge in [0.05, 0.1) is 25.5 Å². The quantitative estimate of drug-likeness (QED) is 0.314. The molecule has 1 saturated heterocycles. The number of likely N-dealkylation sites (tertiary alicyclic amines) is 1. The van der Waals surface area contributed by atoms with E-state index in [1.807, 2.05) is 19.1 Å². The molecule has 5 rings (SSSR count). The number of H-pyrrole nitrogens is 1. The molecule has 10 heteroatoms. The molecule has 0 amide bonds. The van der Waals surface area contributed by atoms with Crippen molar-refractivity contribution in [1.82, 2.24) is 20.0 Å². The highest BCUT2D eigenvalue weighted by Gasteiger charge is 2.40. The molecular formula is C29H34F5N5. The fourth-order valence-corrected chi connectivity index (χ4v) is 6.00. The normalized spacial score (nSPS) is 22.3. The van der Waals surface area contributed by atoms with Crippen LogP contribution >= 0.6 is 0 Å². The van der Waals surface area contributed by atoms with Crippen LogP contribution in [0.5, 0.6) is 0 Å². The highest BCUT2D eigenvalue weighted by Crippen LogP contribution is 2.43. The molecule has 0 aliphatic carbocycles. The van der Waals surface area contributed by atoms with Gasteiger partial charge >= 0.3 is 0 Å². The van der Waals surface area contributed by atoms with Crippen molar-refractivity contribution in [2.75, 3.05) is 38.2 Å². The molecule has 2 aliphatic rings. The SMILES string of the molecule is C[C@@H]1Cc2cc(-c3cn[nH]c3)ccc2[C@@H](c2c(F)cc(NC3CCN(CCCF)C3)cc2F)N1CC(C)(F)F. The monoisotopic (exact) mass is 547 g/mol. The lowest BCUT2D eigenvalue weighted by atomic mass is 9.83. The Labute approximate surface area is 225 Å². The van der Waals surface area contributed by atoms with Crippen molar-refractivity contribution in [3.8, 4) is 11.1 Å². The third-order valence-corrected chi connectivity index (χ3v) is 7.75. The predicted molar refractivity (Wildman–Crippen MR) is 142 cm³/mol. The van der Waals surface area contributed by atoms with Crippen molar-refractivity contribution in [2.45, 2.75) is 57.2 Å². The molecule has 0 spiro atoms. The zero-order chi connectivity index (χ0) is 27.7. The molecule has 3 atom stereocenters. The number of nitrogens with zero attached hydrogens (tertiary/aromatic N) is 3. The lowest BCUT2D eigenvalue weighted by Gasteiger charge is -2.43. The third-order valence-electron chi connectivity index (χ3n) is 7.75. The number of benzene rings is 2. The smallest absolute Gasteiger partial charge is 0.257 e. The molecule has 2 aromatic carbocycles. The van der Waals surface area contributed by atoms with Crippen LogP contribution in [-0.2, 0) is 6.42 Å². The largest absolute Gasteiger partial charge is 0.381 e. The van der Waals surface area contributed by atoms with Crippen molar-refractivity contribution in [3.05, 3.63) is 71.1 Å². The Morgan fingerprint density at radius 1 is 1.13 bits per heavy atom. The summed E-state index contributed by atoms with van der Waals surface area (Å²) in [6.45, 7) is 3.74. The standard InChI is InChI=1S/C29H34F5N5/c1-18-10-20-11-19(21-14-35-36-15-21)4-5-24(20)28(39(18)17-29(2,33)34)27-25(31)12-23(13-26(27)32)37-22-6-9-38(16-22)8-3-7-30/h4-5,11-15,18,22,28,37H,3,6-10,16-17H2,1-2H3,(H,35,36)/t18-,22?,28+/m1/s1. The maximum absolute atomic E-state index is 15.8. The van der Waals surface area contributed by atoms with Gasteiger partial charge in [0.2, 0.25) is 0 Å². The second kappa shape index (κ2) is 11.3.